The van der Waals surface area contributed by atoms with Crippen molar-refractivity contribution in [2.75, 3.05) is 6.54 Å². The first-order chi connectivity index (χ1) is 6.77. The van der Waals surface area contributed by atoms with Gasteiger partial charge >= 0.3 is 5.97 Å². The van der Waals surface area contributed by atoms with E-state index in [9.17, 15) is 4.79 Å². The van der Waals surface area contributed by atoms with Crippen LogP contribution in [0, 0.1) is 0 Å². The molecule has 1 aromatic rings. The molecule has 0 bridgehead atoms. The molecule has 0 radical (unpaired) electrons. The van der Waals surface area contributed by atoms with Gasteiger partial charge in [0.2, 0.25) is 0 Å². The molecule has 74 valence electrons. The van der Waals surface area contributed by atoms with E-state index in [-0.39, 0.29) is 12.6 Å². The molecule has 4 heteroatoms. The molecule has 1 aliphatic carbocycles. The molecule has 0 aromatic carbocycles. The Labute approximate surface area is 82.0 Å². The molecule has 0 saturated carbocycles. The van der Waals surface area contributed by atoms with Gasteiger partial charge < -0.3 is 5.11 Å². The topological polar surface area (TPSA) is 62.2 Å². The lowest BCUT2D eigenvalue weighted by atomic mass is 10.2. The number of carbonyl (C=O) groups is 1. The minimum atomic E-state index is -0.825. The molecule has 0 amide bonds. The monoisotopic (exact) mass is 192 g/mol. The average Bonchev–Trinajstić information content (AvgIpc) is 2.58. The van der Waals surface area contributed by atoms with Gasteiger partial charge in [-0.1, -0.05) is 6.07 Å². The maximum atomic E-state index is 10.4. The van der Waals surface area contributed by atoms with Gasteiger partial charge in [0.15, 0.2) is 0 Å². The number of hydrogen-bond acceptors (Lipinski definition) is 3. The first kappa shape index (κ1) is 9.15. The van der Waals surface area contributed by atoms with Gasteiger partial charge in [-0.15, -0.1) is 0 Å². The van der Waals surface area contributed by atoms with Crippen LogP contribution in [0.1, 0.15) is 23.7 Å². The van der Waals surface area contributed by atoms with Gasteiger partial charge in [0.05, 0.1) is 18.3 Å². The second-order valence-electron chi connectivity index (χ2n) is 3.41. The average molecular weight is 192 g/mol. The highest BCUT2D eigenvalue weighted by atomic mass is 16.4. The van der Waals surface area contributed by atoms with Crippen molar-refractivity contribution in [1.82, 2.24) is 10.3 Å². The zero-order valence-electron chi connectivity index (χ0n) is 7.73. The lowest BCUT2D eigenvalue weighted by molar-refractivity contribution is -0.136. The molecule has 1 atom stereocenters. The molecular formula is C10H12N2O2. The molecular weight excluding hydrogens is 180 g/mol. The standard InChI is InChI=1S/C10H12N2O2/c13-9(14)6-12-8-4-3-7-2-1-5-11-10(7)8/h1-2,5,8,12H,3-4,6H2,(H,13,14). The number of carboxylic acids is 1. The second-order valence-corrected chi connectivity index (χ2v) is 3.41. The number of aromatic nitrogens is 1. The van der Waals surface area contributed by atoms with E-state index in [1.165, 1.54) is 5.56 Å². The molecule has 1 aromatic heterocycles. The molecule has 2 N–H and O–H groups in total. The zero-order chi connectivity index (χ0) is 9.97. The molecule has 0 aliphatic heterocycles. The number of carboxylic acid groups (broad SMARTS) is 1. The highest BCUT2D eigenvalue weighted by Crippen LogP contribution is 2.28. The smallest absolute Gasteiger partial charge is 0.317 e. The van der Waals surface area contributed by atoms with Crippen molar-refractivity contribution in [3.63, 3.8) is 0 Å². The second kappa shape index (κ2) is 3.75. The Morgan fingerprint density at radius 3 is 3.36 bits per heavy atom. The zero-order valence-corrected chi connectivity index (χ0v) is 7.73. The molecule has 0 spiro atoms. The van der Waals surface area contributed by atoms with Gasteiger partial charge in [-0.25, -0.2) is 0 Å². The molecule has 14 heavy (non-hydrogen) atoms. The number of aryl methyl sites for hydroxylation is 1. The van der Waals surface area contributed by atoms with Crippen molar-refractivity contribution in [3.8, 4) is 0 Å². The van der Waals surface area contributed by atoms with Crippen LogP contribution in [0.3, 0.4) is 0 Å². The number of hydrogen-bond donors (Lipinski definition) is 2. The van der Waals surface area contributed by atoms with Crippen LogP contribution in [-0.2, 0) is 11.2 Å². The summed E-state index contributed by atoms with van der Waals surface area (Å²) >= 11 is 0. The third-order valence-electron chi connectivity index (χ3n) is 2.46. The normalized spacial score (nSPS) is 19.3. The van der Waals surface area contributed by atoms with Gasteiger partial charge in [0.1, 0.15) is 0 Å². The number of fused-ring (bicyclic) bond motifs is 1. The minimum absolute atomic E-state index is 0.000676. The summed E-state index contributed by atoms with van der Waals surface area (Å²) in [5.74, 6) is -0.825. The Hall–Kier alpha value is -1.42. The highest BCUT2D eigenvalue weighted by molar-refractivity contribution is 5.69. The molecule has 1 unspecified atom stereocenters. The highest BCUT2D eigenvalue weighted by Gasteiger charge is 2.23. The summed E-state index contributed by atoms with van der Waals surface area (Å²) in [5.41, 5.74) is 2.24. The fourth-order valence-corrected chi connectivity index (χ4v) is 1.82. The molecule has 1 aliphatic rings. The molecule has 2 rings (SSSR count). The van der Waals surface area contributed by atoms with Crippen LogP contribution in [0.4, 0.5) is 0 Å². The summed E-state index contributed by atoms with van der Waals surface area (Å²) in [6, 6.07) is 4.07. The van der Waals surface area contributed by atoms with Crippen molar-refractivity contribution in [2.24, 2.45) is 0 Å². The van der Waals surface area contributed by atoms with E-state index in [4.69, 9.17) is 5.11 Å². The number of nitrogens with zero attached hydrogens (tertiary/aromatic N) is 1. The summed E-state index contributed by atoms with van der Waals surface area (Å²) in [5, 5.41) is 11.5. The largest absolute Gasteiger partial charge is 0.480 e. The Morgan fingerprint density at radius 2 is 2.57 bits per heavy atom. The number of aliphatic carboxylic acids is 1. The van der Waals surface area contributed by atoms with E-state index in [1.54, 1.807) is 6.20 Å². The van der Waals surface area contributed by atoms with Crippen LogP contribution in [-0.4, -0.2) is 22.6 Å². The minimum Gasteiger partial charge on any atom is -0.480 e. The summed E-state index contributed by atoms with van der Waals surface area (Å²) in [6.07, 6.45) is 3.68. The fourth-order valence-electron chi connectivity index (χ4n) is 1.82. The Bertz CT molecular complexity index is 352. The van der Waals surface area contributed by atoms with Crippen molar-refractivity contribution < 1.29 is 9.90 Å². The third-order valence-corrected chi connectivity index (χ3v) is 2.46. The molecule has 0 fully saturated rings. The summed E-state index contributed by atoms with van der Waals surface area (Å²) in [4.78, 5) is 14.6. The van der Waals surface area contributed by atoms with Crippen molar-refractivity contribution in [1.29, 1.82) is 0 Å². The quantitative estimate of drug-likeness (QED) is 0.741. The Morgan fingerprint density at radius 1 is 1.71 bits per heavy atom. The van der Waals surface area contributed by atoms with Crippen LogP contribution in [0.2, 0.25) is 0 Å². The maximum absolute atomic E-state index is 10.4. The van der Waals surface area contributed by atoms with Crippen molar-refractivity contribution in [2.45, 2.75) is 18.9 Å². The fraction of sp³-hybridized carbons (Fsp3) is 0.400. The summed E-state index contributed by atoms with van der Waals surface area (Å²) < 4.78 is 0. The van der Waals surface area contributed by atoms with Gasteiger partial charge in [0, 0.05) is 6.20 Å². The Kier molecular flexibility index (Phi) is 2.45. The Balaban J connectivity index is 2.07. The predicted octanol–water partition coefficient (Wildman–Crippen LogP) is 0.743. The van der Waals surface area contributed by atoms with Crippen molar-refractivity contribution >= 4 is 5.97 Å². The lowest BCUT2D eigenvalue weighted by Gasteiger charge is -2.10. The lowest BCUT2D eigenvalue weighted by Crippen LogP contribution is -2.26. The predicted molar refractivity (Wildman–Crippen MR) is 50.9 cm³/mol. The molecule has 4 nitrogen and oxygen atoms in total. The summed E-state index contributed by atoms with van der Waals surface area (Å²) in [6.45, 7) is 0.000676. The van der Waals surface area contributed by atoms with E-state index < -0.39 is 5.97 Å². The van der Waals surface area contributed by atoms with E-state index in [1.807, 2.05) is 12.1 Å². The summed E-state index contributed by atoms with van der Waals surface area (Å²) in [7, 11) is 0. The van der Waals surface area contributed by atoms with E-state index in [0.717, 1.165) is 18.5 Å². The first-order valence-electron chi connectivity index (χ1n) is 4.66. The van der Waals surface area contributed by atoms with Crippen molar-refractivity contribution in [3.05, 3.63) is 29.6 Å². The molecule has 1 heterocycles. The van der Waals surface area contributed by atoms with E-state index in [0.29, 0.717) is 0 Å². The van der Waals surface area contributed by atoms with Crippen LogP contribution < -0.4 is 5.32 Å². The van der Waals surface area contributed by atoms with Crippen LogP contribution in [0.25, 0.3) is 0 Å². The van der Waals surface area contributed by atoms with Crippen LogP contribution in [0.5, 0.6) is 0 Å². The first-order valence-corrected chi connectivity index (χ1v) is 4.66. The molecule has 0 saturated heterocycles. The SMILES string of the molecule is O=C(O)CNC1CCc2cccnc21. The third kappa shape index (κ3) is 1.75. The van der Waals surface area contributed by atoms with Crippen LogP contribution >= 0.6 is 0 Å². The maximum Gasteiger partial charge on any atom is 0.317 e. The van der Waals surface area contributed by atoms with Gasteiger partial charge in [-0.3, -0.25) is 15.1 Å². The van der Waals surface area contributed by atoms with E-state index >= 15 is 0 Å². The van der Waals surface area contributed by atoms with Gasteiger partial charge in [0.25, 0.3) is 0 Å². The number of rotatable bonds is 3. The van der Waals surface area contributed by atoms with Gasteiger partial charge in [-0.05, 0) is 24.5 Å². The van der Waals surface area contributed by atoms with Crippen LogP contribution in [0.15, 0.2) is 18.3 Å². The van der Waals surface area contributed by atoms with Gasteiger partial charge in [-0.2, -0.15) is 0 Å². The number of pyridine rings is 1. The number of nitrogens with one attached hydrogen (secondary N) is 1. The van der Waals surface area contributed by atoms with E-state index in [2.05, 4.69) is 10.3 Å².